The summed E-state index contributed by atoms with van der Waals surface area (Å²) in [5.74, 6) is 0.829. The lowest BCUT2D eigenvalue weighted by Crippen LogP contribution is -2.30. The van der Waals surface area contributed by atoms with Crippen molar-refractivity contribution in [2.24, 2.45) is 0 Å². The molecule has 4 heteroatoms. The predicted octanol–water partition coefficient (Wildman–Crippen LogP) is 4.70. The van der Waals surface area contributed by atoms with Gasteiger partial charge in [-0.1, -0.05) is 37.6 Å². The Labute approximate surface area is 144 Å². The van der Waals surface area contributed by atoms with Crippen LogP contribution in [-0.2, 0) is 6.42 Å². The lowest BCUT2D eigenvalue weighted by atomic mass is 10.0. The van der Waals surface area contributed by atoms with Gasteiger partial charge in [-0.15, -0.1) is 0 Å². The molecule has 2 aromatic carbocycles. The number of benzene rings is 2. The molecule has 0 aliphatic rings. The predicted molar refractivity (Wildman–Crippen MR) is 101 cm³/mol. The van der Waals surface area contributed by atoms with Crippen molar-refractivity contribution in [3.05, 3.63) is 59.7 Å². The summed E-state index contributed by atoms with van der Waals surface area (Å²) < 4.78 is 5.15. The second-order valence-corrected chi connectivity index (χ2v) is 5.95. The number of nitrogens with one attached hydrogen (secondary N) is 2. The topological polar surface area (TPSA) is 33.3 Å². The fourth-order valence-corrected chi connectivity index (χ4v) is 2.68. The molecule has 0 aromatic heterocycles. The first-order chi connectivity index (χ1) is 11.1. The minimum absolute atomic E-state index is 0.156. The second kappa shape index (κ2) is 8.53. The Hall–Kier alpha value is -2.07. The first-order valence-electron chi connectivity index (χ1n) is 7.92. The van der Waals surface area contributed by atoms with Gasteiger partial charge in [0.05, 0.1) is 13.2 Å². The van der Waals surface area contributed by atoms with E-state index in [0.717, 1.165) is 17.9 Å². The summed E-state index contributed by atoms with van der Waals surface area (Å²) in [5, 5.41) is 7.12. The third-order valence-electron chi connectivity index (χ3n) is 3.71. The van der Waals surface area contributed by atoms with E-state index in [1.165, 1.54) is 17.5 Å². The molecule has 0 saturated carbocycles. The first kappa shape index (κ1) is 17.3. The summed E-state index contributed by atoms with van der Waals surface area (Å²) in [6.45, 7) is 4.30. The smallest absolute Gasteiger partial charge is 0.171 e. The molecule has 0 heterocycles. The molecule has 0 amide bonds. The maximum atomic E-state index is 5.39. The van der Waals surface area contributed by atoms with Crippen LogP contribution in [0.25, 0.3) is 0 Å². The highest BCUT2D eigenvalue weighted by Gasteiger charge is 2.07. The van der Waals surface area contributed by atoms with Crippen molar-refractivity contribution in [2.45, 2.75) is 32.7 Å². The number of hydrogen-bond acceptors (Lipinski definition) is 2. The average Bonchev–Trinajstić information content (AvgIpc) is 2.56. The Morgan fingerprint density at radius 3 is 2.30 bits per heavy atom. The summed E-state index contributed by atoms with van der Waals surface area (Å²) in [6.07, 6.45) is 2.29. The third kappa shape index (κ3) is 5.25. The van der Waals surface area contributed by atoms with Gasteiger partial charge >= 0.3 is 0 Å². The fourth-order valence-electron chi connectivity index (χ4n) is 2.38. The van der Waals surface area contributed by atoms with E-state index in [1.54, 1.807) is 7.11 Å². The molecule has 1 unspecified atom stereocenters. The monoisotopic (exact) mass is 328 g/mol. The zero-order chi connectivity index (χ0) is 16.7. The first-order valence-corrected chi connectivity index (χ1v) is 8.33. The molecule has 3 nitrogen and oxygen atoms in total. The molecule has 1 atom stereocenters. The molecule has 0 spiro atoms. The Morgan fingerprint density at radius 2 is 1.74 bits per heavy atom. The standard InChI is InChI=1S/C19H24N2OS/c1-4-5-15-6-8-16(9-7-15)14(2)20-19(23)21-17-10-12-18(22-3)13-11-17/h6-14H,4-5H2,1-3H3,(H2,20,21,23). The van der Waals surface area contributed by atoms with Gasteiger partial charge in [-0.05, 0) is 61.0 Å². The number of ether oxygens (including phenoxy) is 1. The zero-order valence-corrected chi connectivity index (χ0v) is 14.7. The maximum absolute atomic E-state index is 5.39. The van der Waals surface area contributed by atoms with Crippen molar-refractivity contribution >= 4 is 23.0 Å². The summed E-state index contributed by atoms with van der Waals surface area (Å²) >= 11 is 5.39. The van der Waals surface area contributed by atoms with Crippen LogP contribution in [0.1, 0.15) is 37.4 Å². The normalized spacial score (nSPS) is 11.6. The fraction of sp³-hybridized carbons (Fsp3) is 0.316. The quantitative estimate of drug-likeness (QED) is 0.753. The van der Waals surface area contributed by atoms with Crippen molar-refractivity contribution in [1.82, 2.24) is 5.32 Å². The van der Waals surface area contributed by atoms with Crippen molar-refractivity contribution in [2.75, 3.05) is 12.4 Å². The molecule has 0 bridgehead atoms. The van der Waals surface area contributed by atoms with Crippen molar-refractivity contribution in [3.8, 4) is 5.75 Å². The number of hydrogen-bond donors (Lipinski definition) is 2. The van der Waals surface area contributed by atoms with Crippen LogP contribution in [0, 0.1) is 0 Å². The van der Waals surface area contributed by atoms with Gasteiger partial charge in [-0.2, -0.15) is 0 Å². The molecule has 0 saturated heterocycles. The largest absolute Gasteiger partial charge is 0.497 e. The SMILES string of the molecule is CCCc1ccc(C(C)NC(=S)Nc2ccc(OC)cc2)cc1. The number of thiocarbonyl (C=S) groups is 1. The summed E-state index contributed by atoms with van der Waals surface area (Å²) in [7, 11) is 1.65. The van der Waals surface area contributed by atoms with Gasteiger partial charge in [0.2, 0.25) is 0 Å². The highest BCUT2D eigenvalue weighted by Crippen LogP contribution is 2.17. The maximum Gasteiger partial charge on any atom is 0.171 e. The minimum Gasteiger partial charge on any atom is -0.497 e. The molecular formula is C19H24N2OS. The number of rotatable bonds is 6. The lowest BCUT2D eigenvalue weighted by molar-refractivity contribution is 0.415. The van der Waals surface area contributed by atoms with Gasteiger partial charge in [0.1, 0.15) is 5.75 Å². The molecule has 0 radical (unpaired) electrons. The number of aryl methyl sites for hydroxylation is 1. The van der Waals surface area contributed by atoms with Crippen LogP contribution in [0.2, 0.25) is 0 Å². The molecule has 0 aliphatic heterocycles. The van der Waals surface area contributed by atoms with E-state index >= 15 is 0 Å². The van der Waals surface area contributed by atoms with E-state index in [2.05, 4.69) is 48.7 Å². The lowest BCUT2D eigenvalue weighted by Gasteiger charge is -2.18. The van der Waals surface area contributed by atoms with Crippen LogP contribution in [0.3, 0.4) is 0 Å². The highest BCUT2D eigenvalue weighted by atomic mass is 32.1. The van der Waals surface area contributed by atoms with Crippen LogP contribution < -0.4 is 15.4 Å². The number of anilines is 1. The van der Waals surface area contributed by atoms with Gasteiger partial charge in [-0.3, -0.25) is 0 Å². The molecule has 2 rings (SSSR count). The van der Waals surface area contributed by atoms with Gasteiger partial charge in [0, 0.05) is 5.69 Å². The van der Waals surface area contributed by atoms with Gasteiger partial charge in [0.15, 0.2) is 5.11 Å². The highest BCUT2D eigenvalue weighted by molar-refractivity contribution is 7.80. The van der Waals surface area contributed by atoms with Crippen molar-refractivity contribution in [3.63, 3.8) is 0 Å². The Balaban J connectivity index is 1.90. The third-order valence-corrected chi connectivity index (χ3v) is 3.93. The van der Waals surface area contributed by atoms with E-state index in [4.69, 9.17) is 17.0 Å². The van der Waals surface area contributed by atoms with E-state index in [-0.39, 0.29) is 6.04 Å². The van der Waals surface area contributed by atoms with E-state index in [0.29, 0.717) is 5.11 Å². The van der Waals surface area contributed by atoms with Crippen LogP contribution in [0.15, 0.2) is 48.5 Å². The van der Waals surface area contributed by atoms with Gasteiger partial charge < -0.3 is 15.4 Å². The summed E-state index contributed by atoms with van der Waals surface area (Å²) in [4.78, 5) is 0. The summed E-state index contributed by atoms with van der Waals surface area (Å²) in [6, 6.07) is 16.6. The van der Waals surface area contributed by atoms with E-state index < -0.39 is 0 Å². The summed E-state index contributed by atoms with van der Waals surface area (Å²) in [5.41, 5.74) is 3.54. The van der Waals surface area contributed by atoms with Crippen LogP contribution in [0.4, 0.5) is 5.69 Å². The van der Waals surface area contributed by atoms with Crippen LogP contribution >= 0.6 is 12.2 Å². The van der Waals surface area contributed by atoms with E-state index in [9.17, 15) is 0 Å². The molecule has 2 N–H and O–H groups in total. The van der Waals surface area contributed by atoms with Crippen molar-refractivity contribution in [1.29, 1.82) is 0 Å². The van der Waals surface area contributed by atoms with Crippen LogP contribution in [0.5, 0.6) is 5.75 Å². The molecular weight excluding hydrogens is 304 g/mol. The molecule has 122 valence electrons. The molecule has 23 heavy (non-hydrogen) atoms. The minimum atomic E-state index is 0.156. The Bertz CT molecular complexity index is 623. The Morgan fingerprint density at radius 1 is 1.09 bits per heavy atom. The Kier molecular flexibility index (Phi) is 6.41. The average molecular weight is 328 g/mol. The van der Waals surface area contributed by atoms with E-state index in [1.807, 2.05) is 24.3 Å². The second-order valence-electron chi connectivity index (χ2n) is 5.54. The molecule has 0 aliphatic carbocycles. The molecule has 2 aromatic rings. The number of methoxy groups -OCH3 is 1. The van der Waals surface area contributed by atoms with Crippen LogP contribution in [-0.4, -0.2) is 12.2 Å². The van der Waals surface area contributed by atoms with Gasteiger partial charge in [-0.25, -0.2) is 0 Å². The van der Waals surface area contributed by atoms with Gasteiger partial charge in [0.25, 0.3) is 0 Å². The molecule has 0 fully saturated rings. The van der Waals surface area contributed by atoms with Crippen molar-refractivity contribution < 1.29 is 4.74 Å². The zero-order valence-electron chi connectivity index (χ0n) is 13.9.